The van der Waals surface area contributed by atoms with Crippen LogP contribution in [0.1, 0.15) is 26.7 Å². The molecule has 0 aromatic rings. The van der Waals surface area contributed by atoms with Gasteiger partial charge in [-0.3, -0.25) is 4.79 Å². The molecule has 3 heteroatoms. The quantitative estimate of drug-likeness (QED) is 0.706. The molecule has 1 saturated heterocycles. The molecule has 0 radical (unpaired) electrons. The van der Waals surface area contributed by atoms with Crippen LogP contribution in [0.3, 0.4) is 0 Å². The molecule has 0 aliphatic carbocycles. The summed E-state index contributed by atoms with van der Waals surface area (Å²) in [5.41, 5.74) is 0. The molecular weight excluding hydrogens is 166 g/mol. The van der Waals surface area contributed by atoms with Gasteiger partial charge in [0.05, 0.1) is 0 Å². The van der Waals surface area contributed by atoms with E-state index in [0.717, 1.165) is 13.1 Å². The van der Waals surface area contributed by atoms with E-state index in [1.54, 1.807) is 0 Å². The molecule has 0 spiro atoms. The summed E-state index contributed by atoms with van der Waals surface area (Å²) >= 11 is 0. The van der Waals surface area contributed by atoms with Gasteiger partial charge >= 0.3 is 0 Å². The minimum Gasteiger partial charge on any atom is -0.396 e. The molecule has 1 aliphatic rings. The summed E-state index contributed by atoms with van der Waals surface area (Å²) < 4.78 is 0. The average molecular weight is 185 g/mol. The highest BCUT2D eigenvalue weighted by atomic mass is 16.3. The van der Waals surface area contributed by atoms with Crippen molar-refractivity contribution in [3.8, 4) is 0 Å². The van der Waals surface area contributed by atoms with Crippen molar-refractivity contribution in [2.24, 2.45) is 11.8 Å². The number of amides is 1. The third-order valence-electron chi connectivity index (χ3n) is 2.77. The lowest BCUT2D eigenvalue weighted by Gasteiger charge is -2.17. The van der Waals surface area contributed by atoms with Crippen molar-refractivity contribution in [3.05, 3.63) is 0 Å². The van der Waals surface area contributed by atoms with Crippen LogP contribution >= 0.6 is 0 Å². The van der Waals surface area contributed by atoms with Gasteiger partial charge in [-0.05, 0) is 18.3 Å². The van der Waals surface area contributed by atoms with Crippen LogP contribution in [0.15, 0.2) is 0 Å². The lowest BCUT2D eigenvalue weighted by Crippen LogP contribution is -2.27. The van der Waals surface area contributed by atoms with Gasteiger partial charge in [-0.2, -0.15) is 0 Å². The Morgan fingerprint density at radius 3 is 2.77 bits per heavy atom. The fraction of sp³-hybridized carbons (Fsp3) is 0.900. The molecule has 1 aliphatic heterocycles. The standard InChI is InChI=1S/C10H19NO2/c1-8(2)9-6-10(13)11(7-9)4-3-5-12/h8-9,12H,3-7H2,1-2H3. The molecule has 76 valence electrons. The maximum absolute atomic E-state index is 11.4. The number of carbonyl (C=O) groups excluding carboxylic acids is 1. The van der Waals surface area contributed by atoms with Crippen molar-refractivity contribution in [1.82, 2.24) is 4.90 Å². The Kier molecular flexibility index (Phi) is 3.72. The van der Waals surface area contributed by atoms with E-state index in [1.807, 2.05) is 4.90 Å². The minimum absolute atomic E-state index is 0.177. The van der Waals surface area contributed by atoms with Crippen LogP contribution in [-0.2, 0) is 4.79 Å². The highest BCUT2D eigenvalue weighted by molar-refractivity contribution is 5.78. The summed E-state index contributed by atoms with van der Waals surface area (Å²) in [5.74, 6) is 1.36. The molecule has 1 rings (SSSR count). The molecule has 1 unspecified atom stereocenters. The van der Waals surface area contributed by atoms with Crippen LogP contribution in [0.25, 0.3) is 0 Å². The van der Waals surface area contributed by atoms with Gasteiger partial charge in [-0.1, -0.05) is 13.8 Å². The van der Waals surface area contributed by atoms with Gasteiger partial charge in [0.25, 0.3) is 0 Å². The Bertz CT molecular complexity index is 180. The molecule has 1 fully saturated rings. The number of likely N-dealkylation sites (tertiary alicyclic amines) is 1. The highest BCUT2D eigenvalue weighted by Crippen LogP contribution is 2.24. The van der Waals surface area contributed by atoms with Crippen molar-refractivity contribution in [1.29, 1.82) is 0 Å². The molecule has 1 amide bonds. The summed E-state index contributed by atoms with van der Waals surface area (Å²) in [4.78, 5) is 13.3. The molecule has 1 heterocycles. The molecule has 13 heavy (non-hydrogen) atoms. The van der Waals surface area contributed by atoms with E-state index in [2.05, 4.69) is 13.8 Å². The lowest BCUT2D eigenvalue weighted by molar-refractivity contribution is -0.127. The Hall–Kier alpha value is -0.570. The molecule has 1 N–H and O–H groups in total. The largest absolute Gasteiger partial charge is 0.396 e. The third kappa shape index (κ3) is 2.69. The normalized spacial score (nSPS) is 23.2. The summed E-state index contributed by atoms with van der Waals surface area (Å²) in [6.07, 6.45) is 1.40. The van der Waals surface area contributed by atoms with Crippen LogP contribution in [0.2, 0.25) is 0 Å². The predicted octanol–water partition coefficient (Wildman–Crippen LogP) is 0.873. The molecule has 0 saturated carbocycles. The molecule has 0 bridgehead atoms. The fourth-order valence-electron chi connectivity index (χ4n) is 1.73. The smallest absolute Gasteiger partial charge is 0.222 e. The van der Waals surface area contributed by atoms with E-state index in [0.29, 0.717) is 24.7 Å². The molecular formula is C10H19NO2. The Labute approximate surface area is 79.7 Å². The fourth-order valence-corrected chi connectivity index (χ4v) is 1.73. The van der Waals surface area contributed by atoms with E-state index < -0.39 is 0 Å². The zero-order valence-electron chi connectivity index (χ0n) is 8.49. The number of nitrogens with zero attached hydrogens (tertiary/aromatic N) is 1. The van der Waals surface area contributed by atoms with E-state index in [1.165, 1.54) is 0 Å². The molecule has 3 nitrogen and oxygen atoms in total. The summed E-state index contributed by atoms with van der Waals surface area (Å²) in [6, 6.07) is 0. The predicted molar refractivity (Wildman–Crippen MR) is 51.2 cm³/mol. The number of aliphatic hydroxyl groups excluding tert-OH is 1. The van der Waals surface area contributed by atoms with E-state index in [-0.39, 0.29) is 12.5 Å². The summed E-state index contributed by atoms with van der Waals surface area (Å²) in [6.45, 7) is 6.10. The average Bonchev–Trinajstić information content (AvgIpc) is 2.44. The lowest BCUT2D eigenvalue weighted by atomic mass is 9.95. The van der Waals surface area contributed by atoms with Crippen molar-refractivity contribution < 1.29 is 9.90 Å². The number of rotatable bonds is 4. The second-order valence-electron chi connectivity index (χ2n) is 4.13. The Morgan fingerprint density at radius 2 is 2.31 bits per heavy atom. The molecule has 0 aromatic carbocycles. The Balaban J connectivity index is 2.37. The third-order valence-corrected chi connectivity index (χ3v) is 2.77. The first-order valence-corrected chi connectivity index (χ1v) is 5.03. The second-order valence-corrected chi connectivity index (χ2v) is 4.13. The minimum atomic E-state index is 0.177. The zero-order valence-corrected chi connectivity index (χ0v) is 8.49. The van der Waals surface area contributed by atoms with Crippen LogP contribution in [0.4, 0.5) is 0 Å². The van der Waals surface area contributed by atoms with Crippen molar-refractivity contribution in [3.63, 3.8) is 0 Å². The van der Waals surface area contributed by atoms with E-state index >= 15 is 0 Å². The number of hydrogen-bond acceptors (Lipinski definition) is 2. The van der Waals surface area contributed by atoms with Gasteiger partial charge in [0.2, 0.25) is 5.91 Å². The van der Waals surface area contributed by atoms with E-state index in [9.17, 15) is 4.79 Å². The first-order chi connectivity index (χ1) is 6.15. The van der Waals surface area contributed by atoms with Gasteiger partial charge < -0.3 is 10.0 Å². The van der Waals surface area contributed by atoms with Crippen LogP contribution in [0.5, 0.6) is 0 Å². The van der Waals surface area contributed by atoms with Gasteiger partial charge in [0, 0.05) is 26.1 Å². The van der Waals surface area contributed by atoms with Crippen LogP contribution in [-0.4, -0.2) is 35.6 Å². The number of carbonyl (C=O) groups is 1. The van der Waals surface area contributed by atoms with Crippen molar-refractivity contribution >= 4 is 5.91 Å². The van der Waals surface area contributed by atoms with E-state index in [4.69, 9.17) is 5.11 Å². The van der Waals surface area contributed by atoms with Crippen molar-refractivity contribution in [2.75, 3.05) is 19.7 Å². The van der Waals surface area contributed by atoms with Crippen molar-refractivity contribution in [2.45, 2.75) is 26.7 Å². The highest BCUT2D eigenvalue weighted by Gasteiger charge is 2.30. The monoisotopic (exact) mass is 185 g/mol. The maximum atomic E-state index is 11.4. The topological polar surface area (TPSA) is 40.5 Å². The zero-order chi connectivity index (χ0) is 9.84. The van der Waals surface area contributed by atoms with Gasteiger partial charge in [-0.15, -0.1) is 0 Å². The molecule has 1 atom stereocenters. The Morgan fingerprint density at radius 1 is 1.62 bits per heavy atom. The number of aliphatic hydroxyl groups is 1. The van der Waals surface area contributed by atoms with Crippen LogP contribution in [0, 0.1) is 11.8 Å². The summed E-state index contributed by atoms with van der Waals surface area (Å²) in [7, 11) is 0. The maximum Gasteiger partial charge on any atom is 0.222 e. The van der Waals surface area contributed by atoms with Gasteiger partial charge in [-0.25, -0.2) is 0 Å². The van der Waals surface area contributed by atoms with Gasteiger partial charge in [0.15, 0.2) is 0 Å². The summed E-state index contributed by atoms with van der Waals surface area (Å²) in [5, 5.41) is 8.65. The van der Waals surface area contributed by atoms with Crippen LogP contribution < -0.4 is 0 Å². The first kappa shape index (κ1) is 10.5. The second kappa shape index (κ2) is 4.61. The van der Waals surface area contributed by atoms with Gasteiger partial charge in [0.1, 0.15) is 0 Å². The SMILES string of the molecule is CC(C)C1CC(=O)N(CCCO)C1. The number of hydrogen-bond donors (Lipinski definition) is 1. The first-order valence-electron chi connectivity index (χ1n) is 5.03. The molecule has 0 aromatic heterocycles.